The molecule has 0 radical (unpaired) electrons. The monoisotopic (exact) mass is 192 g/mol. The normalized spacial score (nSPS) is 49.3. The van der Waals surface area contributed by atoms with E-state index in [0.29, 0.717) is 0 Å². The smallest absolute Gasteiger partial charge is 0.0903 e. The summed E-state index contributed by atoms with van der Waals surface area (Å²) in [4.78, 5) is 0. The van der Waals surface area contributed by atoms with Gasteiger partial charge in [0.15, 0.2) is 0 Å². The molecule has 1 heteroatoms. The Kier molecular flexibility index (Phi) is 2.07. The van der Waals surface area contributed by atoms with Crippen LogP contribution in [0.1, 0.15) is 32.1 Å². The molecular weight excluding hydrogens is 172 g/mol. The Morgan fingerprint density at radius 1 is 1.14 bits per heavy atom. The summed E-state index contributed by atoms with van der Waals surface area (Å²) < 4.78 is 5.38. The largest absolute Gasteiger partial charge is 0.502 e. The van der Waals surface area contributed by atoms with Gasteiger partial charge in [-0.1, -0.05) is 13.0 Å². The average molecular weight is 192 g/mol. The number of hydrogen-bond acceptors (Lipinski definition) is 1. The summed E-state index contributed by atoms with van der Waals surface area (Å²) in [5.41, 5.74) is 0. The summed E-state index contributed by atoms with van der Waals surface area (Å²) in [6, 6.07) is 0. The third kappa shape index (κ3) is 1.14. The first-order valence-electron chi connectivity index (χ1n) is 6.12. The van der Waals surface area contributed by atoms with Gasteiger partial charge in [0, 0.05) is 0 Å². The van der Waals surface area contributed by atoms with Crippen molar-refractivity contribution in [3.8, 4) is 0 Å². The molecule has 0 N–H and O–H groups in total. The molecule has 3 fully saturated rings. The molecule has 2 bridgehead atoms. The van der Waals surface area contributed by atoms with E-state index in [1.807, 2.05) is 0 Å². The van der Waals surface area contributed by atoms with Gasteiger partial charge in [-0.3, -0.25) is 0 Å². The van der Waals surface area contributed by atoms with E-state index >= 15 is 0 Å². The first-order chi connectivity index (χ1) is 6.90. The Morgan fingerprint density at radius 2 is 2.00 bits per heavy atom. The average Bonchev–Trinajstić information content (AvgIpc) is 2.85. The van der Waals surface area contributed by atoms with Crippen LogP contribution in [-0.4, -0.2) is 6.61 Å². The Morgan fingerprint density at radius 3 is 2.86 bits per heavy atom. The minimum atomic E-state index is 0.859. The Bertz CT molecular complexity index is 235. The summed E-state index contributed by atoms with van der Waals surface area (Å²) in [6.07, 6.45) is 9.10. The van der Waals surface area contributed by atoms with Crippen molar-refractivity contribution >= 4 is 0 Å². The summed E-state index contributed by atoms with van der Waals surface area (Å²) in [5.74, 6) is 5.11. The third-order valence-electron chi connectivity index (χ3n) is 4.99. The van der Waals surface area contributed by atoms with Crippen molar-refractivity contribution in [3.63, 3.8) is 0 Å². The van der Waals surface area contributed by atoms with Crippen molar-refractivity contribution in [2.24, 2.45) is 29.6 Å². The molecule has 5 atom stereocenters. The lowest BCUT2D eigenvalue weighted by molar-refractivity contribution is 0.109. The summed E-state index contributed by atoms with van der Waals surface area (Å²) in [7, 11) is 0. The van der Waals surface area contributed by atoms with Crippen LogP contribution < -0.4 is 0 Å². The molecule has 1 nitrogen and oxygen atoms in total. The zero-order valence-corrected chi connectivity index (χ0v) is 8.82. The lowest BCUT2D eigenvalue weighted by atomic mass is 9.76. The Hall–Kier alpha value is -0.460. The van der Waals surface area contributed by atoms with E-state index in [-0.39, 0.29) is 0 Å². The van der Waals surface area contributed by atoms with E-state index in [1.165, 1.54) is 32.1 Å². The highest BCUT2D eigenvalue weighted by molar-refractivity contribution is 5.02. The van der Waals surface area contributed by atoms with E-state index in [1.54, 1.807) is 6.26 Å². The number of hydrogen-bond donors (Lipinski definition) is 0. The van der Waals surface area contributed by atoms with Gasteiger partial charge < -0.3 is 4.74 Å². The molecule has 78 valence electrons. The summed E-state index contributed by atoms with van der Waals surface area (Å²) in [5, 5.41) is 0. The van der Waals surface area contributed by atoms with E-state index in [0.717, 1.165) is 36.2 Å². The maximum absolute atomic E-state index is 5.38. The molecule has 0 saturated heterocycles. The number of fused-ring (bicyclic) bond motifs is 5. The van der Waals surface area contributed by atoms with Gasteiger partial charge in [-0.2, -0.15) is 0 Å². The van der Waals surface area contributed by atoms with Crippen LogP contribution >= 0.6 is 0 Å². The van der Waals surface area contributed by atoms with E-state index < -0.39 is 0 Å². The molecule has 0 heterocycles. The molecule has 3 saturated carbocycles. The SMILES string of the molecule is C=COC[C@H]1C[C@H]2C[C@@H]1[C@H]1CCC[C@@H]21. The molecular formula is C13H20O. The molecule has 14 heavy (non-hydrogen) atoms. The zero-order valence-electron chi connectivity index (χ0n) is 8.82. The molecule has 0 amide bonds. The fraction of sp³-hybridized carbons (Fsp3) is 0.846. The lowest BCUT2D eigenvalue weighted by Crippen LogP contribution is -2.26. The predicted octanol–water partition coefficient (Wildman–Crippen LogP) is 3.22. The maximum atomic E-state index is 5.38. The number of rotatable bonds is 3. The zero-order chi connectivity index (χ0) is 9.54. The molecule has 0 aromatic rings. The van der Waals surface area contributed by atoms with Gasteiger partial charge in [-0.15, -0.1) is 0 Å². The van der Waals surface area contributed by atoms with Gasteiger partial charge >= 0.3 is 0 Å². The van der Waals surface area contributed by atoms with E-state index in [2.05, 4.69) is 6.58 Å². The predicted molar refractivity (Wildman–Crippen MR) is 56.7 cm³/mol. The fourth-order valence-corrected chi connectivity index (χ4v) is 4.59. The molecule has 3 rings (SSSR count). The van der Waals surface area contributed by atoms with Crippen LogP contribution in [0.3, 0.4) is 0 Å². The topological polar surface area (TPSA) is 9.23 Å². The van der Waals surface area contributed by atoms with Crippen molar-refractivity contribution in [3.05, 3.63) is 12.8 Å². The molecule has 0 aliphatic heterocycles. The van der Waals surface area contributed by atoms with Crippen LogP contribution in [0.4, 0.5) is 0 Å². The molecule has 0 unspecified atom stereocenters. The van der Waals surface area contributed by atoms with Gasteiger partial charge in [0.25, 0.3) is 0 Å². The van der Waals surface area contributed by atoms with Crippen LogP contribution in [0.2, 0.25) is 0 Å². The molecule has 3 aliphatic rings. The molecule has 0 aromatic heterocycles. The maximum Gasteiger partial charge on any atom is 0.0903 e. The van der Waals surface area contributed by atoms with E-state index in [4.69, 9.17) is 4.74 Å². The quantitative estimate of drug-likeness (QED) is 0.624. The van der Waals surface area contributed by atoms with Crippen molar-refractivity contribution in [2.75, 3.05) is 6.61 Å². The first-order valence-corrected chi connectivity index (χ1v) is 6.12. The van der Waals surface area contributed by atoms with Crippen LogP contribution in [0.25, 0.3) is 0 Å². The highest BCUT2D eigenvalue weighted by Gasteiger charge is 2.53. The van der Waals surface area contributed by atoms with Crippen LogP contribution in [0.15, 0.2) is 12.8 Å². The minimum absolute atomic E-state index is 0.859. The van der Waals surface area contributed by atoms with Crippen molar-refractivity contribution < 1.29 is 4.74 Å². The second-order valence-corrected chi connectivity index (χ2v) is 5.41. The Balaban J connectivity index is 1.68. The standard InChI is InChI=1S/C13H20O/c1-2-14-8-10-6-9-7-13(10)12-5-3-4-11(9)12/h2,9-13H,1,3-8H2/t9-,10+,11-,12-,13-/m0/s1. The van der Waals surface area contributed by atoms with Crippen LogP contribution in [-0.2, 0) is 4.74 Å². The van der Waals surface area contributed by atoms with E-state index in [9.17, 15) is 0 Å². The van der Waals surface area contributed by atoms with Gasteiger partial charge in [-0.05, 0) is 55.3 Å². The third-order valence-corrected chi connectivity index (χ3v) is 4.99. The van der Waals surface area contributed by atoms with Crippen LogP contribution in [0, 0.1) is 29.6 Å². The van der Waals surface area contributed by atoms with Crippen LogP contribution in [0.5, 0.6) is 0 Å². The molecule has 0 spiro atoms. The molecule has 3 aliphatic carbocycles. The van der Waals surface area contributed by atoms with Crippen molar-refractivity contribution in [2.45, 2.75) is 32.1 Å². The first kappa shape index (κ1) is 8.82. The van der Waals surface area contributed by atoms with Crippen molar-refractivity contribution in [1.29, 1.82) is 0 Å². The molecule has 0 aromatic carbocycles. The highest BCUT2D eigenvalue weighted by atomic mass is 16.5. The second kappa shape index (κ2) is 3.29. The van der Waals surface area contributed by atoms with Gasteiger partial charge in [-0.25, -0.2) is 0 Å². The second-order valence-electron chi connectivity index (χ2n) is 5.41. The van der Waals surface area contributed by atoms with Gasteiger partial charge in [0.1, 0.15) is 0 Å². The minimum Gasteiger partial charge on any atom is -0.502 e. The Labute approximate surface area is 86.5 Å². The number of ether oxygens (including phenoxy) is 1. The van der Waals surface area contributed by atoms with Crippen molar-refractivity contribution in [1.82, 2.24) is 0 Å². The summed E-state index contributed by atoms with van der Waals surface area (Å²) >= 11 is 0. The van der Waals surface area contributed by atoms with Gasteiger partial charge in [0.05, 0.1) is 12.9 Å². The summed E-state index contributed by atoms with van der Waals surface area (Å²) in [6.45, 7) is 4.57. The fourth-order valence-electron chi connectivity index (χ4n) is 4.59. The highest BCUT2D eigenvalue weighted by Crippen LogP contribution is 2.60. The van der Waals surface area contributed by atoms with Gasteiger partial charge in [0.2, 0.25) is 0 Å². The lowest BCUT2D eigenvalue weighted by Gasteiger charge is -2.31.